The van der Waals surface area contributed by atoms with Crippen LogP contribution in [0.3, 0.4) is 0 Å². The molecule has 0 atom stereocenters. The maximum absolute atomic E-state index is 12.2. The maximum Gasteiger partial charge on any atom is 0.274 e. The molecule has 0 aliphatic heterocycles. The van der Waals surface area contributed by atoms with Crippen molar-refractivity contribution in [3.05, 3.63) is 48.3 Å². The summed E-state index contributed by atoms with van der Waals surface area (Å²) in [4.78, 5) is 16.8. The largest absolute Gasteiger partial charge is 0.397 e. The summed E-state index contributed by atoms with van der Waals surface area (Å²) in [6.45, 7) is 2.55. The highest BCUT2D eigenvalue weighted by Gasteiger charge is 2.16. The lowest BCUT2D eigenvalue weighted by molar-refractivity contribution is 0.0984. The molecule has 0 radical (unpaired) electrons. The molecule has 1 aromatic carbocycles. The molecule has 2 rings (SSSR count). The van der Waals surface area contributed by atoms with E-state index in [1.165, 1.54) is 0 Å². The van der Waals surface area contributed by atoms with Gasteiger partial charge in [0.25, 0.3) is 5.91 Å². The number of rotatable bonds is 3. The van der Waals surface area contributed by atoms with E-state index >= 15 is 0 Å². The van der Waals surface area contributed by atoms with Gasteiger partial charge in [0.1, 0.15) is 5.69 Å². The topological polar surface area (TPSA) is 62.1 Å². The number of carbonyl (C=O) groups excluding carboxylic acids is 1. The number of anilines is 2. The Labute approximate surface area is 100 Å². The van der Waals surface area contributed by atoms with Crippen molar-refractivity contribution in [2.45, 2.75) is 6.92 Å². The van der Waals surface area contributed by atoms with Gasteiger partial charge in [-0.15, -0.1) is 0 Å². The number of amides is 1. The van der Waals surface area contributed by atoms with Crippen molar-refractivity contribution in [3.63, 3.8) is 0 Å². The summed E-state index contributed by atoms with van der Waals surface area (Å²) in [5, 5.41) is 0. The fourth-order valence-electron chi connectivity index (χ4n) is 1.73. The number of benzene rings is 1. The zero-order chi connectivity index (χ0) is 12.3. The summed E-state index contributed by atoms with van der Waals surface area (Å²) < 4.78 is 0. The van der Waals surface area contributed by atoms with Gasteiger partial charge in [-0.25, -0.2) is 0 Å². The third kappa shape index (κ3) is 2.30. The Hall–Kier alpha value is -2.23. The first-order valence-electron chi connectivity index (χ1n) is 5.53. The van der Waals surface area contributed by atoms with Gasteiger partial charge in [0.2, 0.25) is 0 Å². The van der Waals surface area contributed by atoms with Crippen LogP contribution in [-0.2, 0) is 0 Å². The fraction of sp³-hybridized carbons (Fsp3) is 0.154. The van der Waals surface area contributed by atoms with Gasteiger partial charge in [0, 0.05) is 24.1 Å². The van der Waals surface area contributed by atoms with Crippen molar-refractivity contribution in [2.24, 2.45) is 0 Å². The van der Waals surface area contributed by atoms with Gasteiger partial charge in [-0.2, -0.15) is 0 Å². The second-order valence-electron chi connectivity index (χ2n) is 3.73. The van der Waals surface area contributed by atoms with Gasteiger partial charge in [0.05, 0.1) is 0 Å². The van der Waals surface area contributed by atoms with Crippen molar-refractivity contribution in [1.29, 1.82) is 0 Å². The lowest BCUT2D eigenvalue weighted by Crippen LogP contribution is -2.30. The second-order valence-corrected chi connectivity index (χ2v) is 3.73. The summed E-state index contributed by atoms with van der Waals surface area (Å²) >= 11 is 0. The number of hydrogen-bond donors (Lipinski definition) is 2. The average Bonchev–Trinajstić information content (AvgIpc) is 2.78. The first-order chi connectivity index (χ1) is 8.22. The Morgan fingerprint density at radius 2 is 2.06 bits per heavy atom. The Morgan fingerprint density at radius 3 is 2.59 bits per heavy atom. The predicted molar refractivity (Wildman–Crippen MR) is 69.0 cm³/mol. The lowest BCUT2D eigenvalue weighted by atomic mass is 10.2. The van der Waals surface area contributed by atoms with Crippen LogP contribution < -0.4 is 10.6 Å². The van der Waals surface area contributed by atoms with Gasteiger partial charge >= 0.3 is 0 Å². The molecule has 0 saturated heterocycles. The van der Waals surface area contributed by atoms with E-state index in [1.54, 1.807) is 17.2 Å². The molecule has 0 aliphatic rings. The molecule has 0 unspecified atom stereocenters. The van der Waals surface area contributed by atoms with Gasteiger partial charge < -0.3 is 15.6 Å². The Bertz CT molecular complexity index is 504. The number of nitrogens with zero attached hydrogens (tertiary/aromatic N) is 1. The number of aromatic nitrogens is 1. The van der Waals surface area contributed by atoms with Gasteiger partial charge in [-0.05, 0) is 25.1 Å². The van der Waals surface area contributed by atoms with Crippen LogP contribution in [0.2, 0.25) is 0 Å². The third-order valence-electron chi connectivity index (χ3n) is 2.56. The van der Waals surface area contributed by atoms with E-state index in [2.05, 4.69) is 4.98 Å². The molecule has 1 aromatic heterocycles. The molecule has 4 heteroatoms. The van der Waals surface area contributed by atoms with Crippen LogP contribution in [0, 0.1) is 0 Å². The first-order valence-corrected chi connectivity index (χ1v) is 5.53. The SMILES string of the molecule is CCN(C(=O)c1cc(N)c[nH]1)c1ccccc1. The van der Waals surface area contributed by atoms with Crippen LogP contribution in [0.4, 0.5) is 11.4 Å². The number of para-hydroxylation sites is 1. The predicted octanol–water partition coefficient (Wildman–Crippen LogP) is 2.26. The van der Waals surface area contributed by atoms with E-state index in [9.17, 15) is 4.79 Å². The minimum atomic E-state index is -0.0737. The molecule has 88 valence electrons. The molecular formula is C13H15N3O. The molecule has 0 aliphatic carbocycles. The minimum Gasteiger partial charge on any atom is -0.397 e. The minimum absolute atomic E-state index is 0.0737. The molecule has 2 aromatic rings. The number of aromatic amines is 1. The van der Waals surface area contributed by atoms with E-state index in [0.29, 0.717) is 17.9 Å². The molecule has 0 saturated carbocycles. The first kappa shape index (κ1) is 11.3. The summed E-state index contributed by atoms with van der Waals surface area (Å²) in [6.07, 6.45) is 1.62. The highest BCUT2D eigenvalue weighted by molar-refractivity contribution is 6.05. The normalized spacial score (nSPS) is 10.2. The lowest BCUT2D eigenvalue weighted by Gasteiger charge is -2.20. The number of nitrogens with two attached hydrogens (primary N) is 1. The molecule has 4 nitrogen and oxygen atoms in total. The average molecular weight is 229 g/mol. The van der Waals surface area contributed by atoms with Crippen LogP contribution in [0.25, 0.3) is 0 Å². The van der Waals surface area contributed by atoms with Crippen molar-refractivity contribution in [3.8, 4) is 0 Å². The number of nitrogen functional groups attached to an aromatic ring is 1. The number of hydrogen-bond acceptors (Lipinski definition) is 2. The zero-order valence-corrected chi connectivity index (χ0v) is 9.68. The molecule has 1 amide bonds. The summed E-state index contributed by atoms with van der Waals surface area (Å²) in [6, 6.07) is 11.2. The van der Waals surface area contributed by atoms with Crippen LogP contribution in [-0.4, -0.2) is 17.4 Å². The van der Waals surface area contributed by atoms with E-state index in [-0.39, 0.29) is 5.91 Å². The van der Waals surface area contributed by atoms with Crippen molar-refractivity contribution in [1.82, 2.24) is 4.98 Å². The van der Waals surface area contributed by atoms with Crippen molar-refractivity contribution < 1.29 is 4.79 Å². The maximum atomic E-state index is 12.2. The molecule has 3 N–H and O–H groups in total. The van der Waals surface area contributed by atoms with E-state index in [1.807, 2.05) is 37.3 Å². The quantitative estimate of drug-likeness (QED) is 0.848. The van der Waals surface area contributed by atoms with Crippen LogP contribution in [0.5, 0.6) is 0 Å². The van der Waals surface area contributed by atoms with Crippen LogP contribution >= 0.6 is 0 Å². The fourth-order valence-corrected chi connectivity index (χ4v) is 1.73. The summed E-state index contributed by atoms with van der Waals surface area (Å²) in [5.41, 5.74) is 7.55. The Morgan fingerprint density at radius 1 is 1.35 bits per heavy atom. The van der Waals surface area contributed by atoms with Gasteiger partial charge in [-0.3, -0.25) is 4.79 Å². The van der Waals surface area contributed by atoms with E-state index in [0.717, 1.165) is 5.69 Å². The molecular weight excluding hydrogens is 214 g/mol. The molecule has 0 fully saturated rings. The Balaban J connectivity index is 2.28. The second kappa shape index (κ2) is 4.74. The van der Waals surface area contributed by atoms with Crippen molar-refractivity contribution in [2.75, 3.05) is 17.2 Å². The van der Waals surface area contributed by atoms with Gasteiger partial charge in [-0.1, -0.05) is 18.2 Å². The molecule has 0 spiro atoms. The molecule has 17 heavy (non-hydrogen) atoms. The van der Waals surface area contributed by atoms with E-state index in [4.69, 9.17) is 5.73 Å². The number of carbonyl (C=O) groups is 1. The summed E-state index contributed by atoms with van der Waals surface area (Å²) in [5.74, 6) is -0.0737. The van der Waals surface area contributed by atoms with Crippen LogP contribution in [0.15, 0.2) is 42.6 Å². The van der Waals surface area contributed by atoms with Crippen LogP contribution in [0.1, 0.15) is 17.4 Å². The Kier molecular flexibility index (Phi) is 3.14. The smallest absolute Gasteiger partial charge is 0.274 e. The third-order valence-corrected chi connectivity index (χ3v) is 2.56. The molecule has 1 heterocycles. The van der Waals surface area contributed by atoms with Crippen molar-refractivity contribution >= 4 is 17.3 Å². The highest BCUT2D eigenvalue weighted by Crippen LogP contribution is 2.16. The summed E-state index contributed by atoms with van der Waals surface area (Å²) in [7, 11) is 0. The highest BCUT2D eigenvalue weighted by atomic mass is 16.2. The number of nitrogens with one attached hydrogen (secondary N) is 1. The number of H-pyrrole nitrogens is 1. The monoisotopic (exact) mass is 229 g/mol. The van der Waals surface area contributed by atoms with Gasteiger partial charge in [0.15, 0.2) is 0 Å². The van der Waals surface area contributed by atoms with E-state index < -0.39 is 0 Å². The zero-order valence-electron chi connectivity index (χ0n) is 9.68. The molecule has 0 bridgehead atoms. The standard InChI is InChI=1S/C13H15N3O/c1-2-16(11-6-4-3-5-7-11)13(17)12-8-10(14)9-15-12/h3-9,15H,2,14H2,1H3.